The van der Waals surface area contributed by atoms with E-state index >= 15 is 0 Å². The zero-order valence-corrected chi connectivity index (χ0v) is 22.2. The molecule has 32 heavy (non-hydrogen) atoms. The van der Waals surface area contributed by atoms with Crippen molar-refractivity contribution >= 4 is 5.97 Å². The van der Waals surface area contributed by atoms with Gasteiger partial charge >= 0.3 is 5.97 Å². The van der Waals surface area contributed by atoms with Crippen LogP contribution in [-0.4, -0.2) is 25.7 Å². The van der Waals surface area contributed by atoms with Crippen molar-refractivity contribution in [3.05, 3.63) is 0 Å². The molecule has 3 heteroatoms. The highest BCUT2D eigenvalue weighted by Gasteiger charge is 2.02. The largest absolute Gasteiger partial charge is 0.466 e. The molecule has 0 unspecified atom stereocenters. The molecule has 3 nitrogen and oxygen atoms in total. The molecule has 0 aliphatic heterocycles. The zero-order chi connectivity index (χ0) is 23.4. The number of hydrogen-bond donors (Lipinski definition) is 1. The molecule has 0 aromatic carbocycles. The van der Waals surface area contributed by atoms with Crippen LogP contribution in [0.5, 0.6) is 0 Å². The van der Waals surface area contributed by atoms with Crippen molar-refractivity contribution in [1.29, 1.82) is 0 Å². The minimum Gasteiger partial charge on any atom is -0.466 e. The molecule has 1 N–H and O–H groups in total. The molecule has 0 aromatic rings. The van der Waals surface area contributed by atoms with E-state index < -0.39 is 0 Å². The summed E-state index contributed by atoms with van der Waals surface area (Å²) in [7, 11) is 0. The molecule has 0 atom stereocenters. The predicted molar refractivity (Wildman–Crippen MR) is 141 cm³/mol. The Hall–Kier alpha value is -0.570. The van der Waals surface area contributed by atoms with Gasteiger partial charge in [-0.2, -0.15) is 0 Å². The van der Waals surface area contributed by atoms with Gasteiger partial charge in [0, 0.05) is 6.54 Å². The molecular weight excluding hydrogens is 394 g/mol. The fourth-order valence-corrected chi connectivity index (χ4v) is 4.25. The van der Waals surface area contributed by atoms with Gasteiger partial charge in [0.1, 0.15) is 0 Å². The first-order chi connectivity index (χ1) is 15.8. The molecule has 192 valence electrons. The quantitative estimate of drug-likeness (QED) is 0.0995. The lowest BCUT2D eigenvalue weighted by molar-refractivity contribution is -0.143. The van der Waals surface area contributed by atoms with Crippen LogP contribution in [-0.2, 0) is 9.53 Å². The van der Waals surface area contributed by atoms with Gasteiger partial charge in [0.25, 0.3) is 0 Å². The topological polar surface area (TPSA) is 38.3 Å². The van der Waals surface area contributed by atoms with E-state index in [0.29, 0.717) is 13.0 Å². The second-order valence-electron chi connectivity index (χ2n) is 9.79. The van der Waals surface area contributed by atoms with Crippen molar-refractivity contribution in [2.75, 3.05) is 19.7 Å². The third kappa shape index (κ3) is 27.5. The molecule has 0 bridgehead atoms. The lowest BCUT2D eigenvalue weighted by Crippen LogP contribution is -2.20. The molecule has 0 spiro atoms. The van der Waals surface area contributed by atoms with Crippen LogP contribution in [0.3, 0.4) is 0 Å². The number of ether oxygens (including phenoxy) is 1. The Kier molecular flexibility index (Phi) is 28.0. The first kappa shape index (κ1) is 31.4. The van der Waals surface area contributed by atoms with Gasteiger partial charge in [-0.1, -0.05) is 142 Å². The minimum absolute atomic E-state index is 0.0383. The molecule has 0 amide bonds. The van der Waals surface area contributed by atoms with Crippen molar-refractivity contribution in [2.45, 2.75) is 162 Å². The summed E-state index contributed by atoms with van der Waals surface area (Å²) in [6, 6.07) is 0. The number of nitrogens with one attached hydrogen (secondary N) is 1. The number of unbranched alkanes of at least 4 members (excludes halogenated alkanes) is 20. The van der Waals surface area contributed by atoms with Crippen LogP contribution in [0, 0.1) is 0 Å². The Labute approximate surface area is 202 Å². The maximum absolute atomic E-state index is 11.8. The molecule has 0 aliphatic carbocycles. The van der Waals surface area contributed by atoms with Gasteiger partial charge < -0.3 is 10.1 Å². The number of rotatable bonds is 27. The van der Waals surface area contributed by atoms with E-state index in [-0.39, 0.29) is 5.97 Å². The highest BCUT2D eigenvalue weighted by atomic mass is 16.5. The fraction of sp³-hybridized carbons (Fsp3) is 0.966. The van der Waals surface area contributed by atoms with E-state index in [2.05, 4.69) is 19.2 Å². The van der Waals surface area contributed by atoms with Gasteiger partial charge in [-0.25, -0.2) is 0 Å². The second-order valence-corrected chi connectivity index (χ2v) is 9.79. The zero-order valence-electron chi connectivity index (χ0n) is 22.2. The Morgan fingerprint density at radius 3 is 1.31 bits per heavy atom. The highest BCUT2D eigenvalue weighted by molar-refractivity contribution is 5.69. The normalized spacial score (nSPS) is 11.2. The Morgan fingerprint density at radius 1 is 0.500 bits per heavy atom. The van der Waals surface area contributed by atoms with E-state index in [0.717, 1.165) is 19.5 Å². The first-order valence-corrected chi connectivity index (χ1v) is 14.7. The Morgan fingerprint density at radius 2 is 0.875 bits per heavy atom. The van der Waals surface area contributed by atoms with E-state index in [1.54, 1.807) is 0 Å². The summed E-state index contributed by atoms with van der Waals surface area (Å²) in [5.74, 6) is -0.0383. The number of hydrogen-bond acceptors (Lipinski definition) is 3. The lowest BCUT2D eigenvalue weighted by atomic mass is 10.1. The predicted octanol–water partition coefficient (Wildman–Crippen LogP) is 9.13. The molecule has 0 saturated heterocycles. The third-order valence-electron chi connectivity index (χ3n) is 6.47. The van der Waals surface area contributed by atoms with Gasteiger partial charge in [-0.3, -0.25) is 4.79 Å². The van der Waals surface area contributed by atoms with Crippen LogP contribution in [0.1, 0.15) is 162 Å². The summed E-state index contributed by atoms with van der Waals surface area (Å²) in [5.41, 5.74) is 0. The summed E-state index contributed by atoms with van der Waals surface area (Å²) in [5, 5.41) is 3.39. The van der Waals surface area contributed by atoms with E-state index in [1.165, 1.54) is 135 Å². The van der Waals surface area contributed by atoms with Gasteiger partial charge in [0.2, 0.25) is 0 Å². The maximum Gasteiger partial charge on any atom is 0.307 e. The van der Waals surface area contributed by atoms with Gasteiger partial charge in [0.15, 0.2) is 0 Å². The summed E-state index contributed by atoms with van der Waals surface area (Å²) in [6.07, 6.45) is 30.2. The molecular formula is C29H59NO2. The van der Waals surface area contributed by atoms with Crippen molar-refractivity contribution in [3.8, 4) is 0 Å². The fourth-order valence-electron chi connectivity index (χ4n) is 4.25. The molecule has 0 heterocycles. The summed E-state index contributed by atoms with van der Waals surface area (Å²) in [6.45, 7) is 6.95. The molecule has 0 rings (SSSR count). The van der Waals surface area contributed by atoms with Crippen LogP contribution in [0.25, 0.3) is 0 Å². The SMILES string of the molecule is CCCCCCCCCCCCCCOC(=O)CCNCCCCCCCCCCCC. The van der Waals surface area contributed by atoms with E-state index in [1.807, 2.05) is 0 Å². The van der Waals surface area contributed by atoms with Crippen molar-refractivity contribution in [1.82, 2.24) is 5.32 Å². The smallest absolute Gasteiger partial charge is 0.307 e. The molecule has 0 saturated carbocycles. The standard InChI is InChI=1S/C29H59NO2/c1-3-5-7-9-11-13-15-16-18-20-22-24-28-32-29(31)25-27-30-26-23-21-19-17-14-12-10-8-6-4-2/h30H,3-28H2,1-2H3. The minimum atomic E-state index is -0.0383. The second kappa shape index (κ2) is 28.5. The van der Waals surface area contributed by atoms with Crippen LogP contribution in [0.4, 0.5) is 0 Å². The van der Waals surface area contributed by atoms with Crippen LogP contribution in [0.2, 0.25) is 0 Å². The van der Waals surface area contributed by atoms with Crippen molar-refractivity contribution in [3.63, 3.8) is 0 Å². The van der Waals surface area contributed by atoms with Crippen molar-refractivity contribution < 1.29 is 9.53 Å². The Balaban J connectivity index is 3.14. The maximum atomic E-state index is 11.8. The van der Waals surface area contributed by atoms with Gasteiger partial charge in [-0.05, 0) is 19.4 Å². The van der Waals surface area contributed by atoms with Gasteiger partial charge in [0.05, 0.1) is 13.0 Å². The van der Waals surface area contributed by atoms with Crippen molar-refractivity contribution in [2.24, 2.45) is 0 Å². The molecule has 0 aliphatic rings. The lowest BCUT2D eigenvalue weighted by Gasteiger charge is -2.07. The summed E-state index contributed by atoms with van der Waals surface area (Å²) >= 11 is 0. The summed E-state index contributed by atoms with van der Waals surface area (Å²) in [4.78, 5) is 11.8. The number of carbonyl (C=O) groups is 1. The third-order valence-corrected chi connectivity index (χ3v) is 6.47. The number of esters is 1. The molecule has 0 aromatic heterocycles. The van der Waals surface area contributed by atoms with Gasteiger partial charge in [-0.15, -0.1) is 0 Å². The first-order valence-electron chi connectivity index (χ1n) is 14.7. The average molecular weight is 454 g/mol. The molecule has 0 radical (unpaired) electrons. The Bertz CT molecular complexity index is 327. The van der Waals surface area contributed by atoms with Crippen LogP contribution >= 0.6 is 0 Å². The van der Waals surface area contributed by atoms with E-state index in [4.69, 9.17) is 4.74 Å². The number of carbonyl (C=O) groups excluding carboxylic acids is 1. The van der Waals surface area contributed by atoms with E-state index in [9.17, 15) is 4.79 Å². The monoisotopic (exact) mass is 453 g/mol. The molecule has 0 fully saturated rings. The van der Waals surface area contributed by atoms with Crippen LogP contribution < -0.4 is 5.32 Å². The van der Waals surface area contributed by atoms with Crippen LogP contribution in [0.15, 0.2) is 0 Å². The average Bonchev–Trinajstić information content (AvgIpc) is 2.80. The highest BCUT2D eigenvalue weighted by Crippen LogP contribution is 2.12. The summed E-state index contributed by atoms with van der Waals surface area (Å²) < 4.78 is 5.36.